The second-order valence-corrected chi connectivity index (χ2v) is 3.79. The number of hydrogen-bond donors (Lipinski definition) is 1. The van der Waals surface area contributed by atoms with E-state index in [1.54, 1.807) is 18.2 Å². The molecule has 15 heavy (non-hydrogen) atoms. The number of hydrogen-bond acceptors (Lipinski definition) is 3. The normalized spacial score (nSPS) is 10.3. The van der Waals surface area contributed by atoms with Crippen molar-refractivity contribution in [2.45, 2.75) is 0 Å². The highest BCUT2D eigenvalue weighted by Gasteiger charge is 2.08. The van der Waals surface area contributed by atoms with Crippen LogP contribution in [0, 0.1) is 5.82 Å². The van der Waals surface area contributed by atoms with E-state index in [4.69, 9.17) is 5.73 Å². The van der Waals surface area contributed by atoms with Gasteiger partial charge in [0.15, 0.2) is 0 Å². The lowest BCUT2D eigenvalue weighted by molar-refractivity contribution is 0.624. The second-order valence-electron chi connectivity index (χ2n) is 2.93. The molecule has 76 valence electrons. The highest BCUT2D eigenvalue weighted by molar-refractivity contribution is 9.10. The van der Waals surface area contributed by atoms with Crippen LogP contribution in [0.25, 0.3) is 11.1 Å². The molecule has 5 heteroatoms. The van der Waals surface area contributed by atoms with E-state index in [9.17, 15) is 4.39 Å². The minimum atomic E-state index is -0.328. The van der Waals surface area contributed by atoms with E-state index in [-0.39, 0.29) is 11.8 Å². The van der Waals surface area contributed by atoms with Gasteiger partial charge >= 0.3 is 0 Å². The summed E-state index contributed by atoms with van der Waals surface area (Å²) in [7, 11) is 0. The van der Waals surface area contributed by atoms with Crippen molar-refractivity contribution in [3.05, 3.63) is 40.9 Å². The molecule has 0 amide bonds. The van der Waals surface area contributed by atoms with Crippen LogP contribution in [0.3, 0.4) is 0 Å². The molecule has 2 rings (SSSR count). The fourth-order valence-electron chi connectivity index (χ4n) is 1.20. The zero-order chi connectivity index (χ0) is 10.8. The Morgan fingerprint density at radius 2 is 1.87 bits per heavy atom. The largest absolute Gasteiger partial charge is 0.368 e. The summed E-state index contributed by atoms with van der Waals surface area (Å²) < 4.78 is 14.1. The summed E-state index contributed by atoms with van der Waals surface area (Å²) in [6, 6.07) is 5.05. The number of benzene rings is 1. The van der Waals surface area contributed by atoms with Gasteiger partial charge in [-0.05, 0) is 22.0 Å². The summed E-state index contributed by atoms with van der Waals surface area (Å²) in [4.78, 5) is 7.62. The van der Waals surface area contributed by atoms with E-state index in [1.807, 2.05) is 0 Å². The van der Waals surface area contributed by atoms with Crippen LogP contribution >= 0.6 is 15.9 Å². The van der Waals surface area contributed by atoms with E-state index in [2.05, 4.69) is 25.9 Å². The van der Waals surface area contributed by atoms with Crippen LogP contribution < -0.4 is 5.73 Å². The van der Waals surface area contributed by atoms with Crippen molar-refractivity contribution in [3.63, 3.8) is 0 Å². The van der Waals surface area contributed by atoms with Crippen molar-refractivity contribution in [2.24, 2.45) is 0 Å². The summed E-state index contributed by atoms with van der Waals surface area (Å²) >= 11 is 3.12. The van der Waals surface area contributed by atoms with Crippen LogP contribution in [-0.2, 0) is 0 Å². The van der Waals surface area contributed by atoms with Crippen LogP contribution in [0.15, 0.2) is 35.1 Å². The van der Waals surface area contributed by atoms with Gasteiger partial charge in [0, 0.05) is 23.5 Å². The summed E-state index contributed by atoms with van der Waals surface area (Å²) in [5, 5.41) is 0. The number of nitrogen functional groups attached to an aromatic ring is 1. The van der Waals surface area contributed by atoms with E-state index in [1.165, 1.54) is 12.4 Å². The molecule has 0 aliphatic carbocycles. The Labute approximate surface area is 94.3 Å². The summed E-state index contributed by atoms with van der Waals surface area (Å²) in [6.45, 7) is 0. The molecule has 0 aliphatic heterocycles. The van der Waals surface area contributed by atoms with Gasteiger partial charge in [0.2, 0.25) is 5.95 Å². The van der Waals surface area contributed by atoms with Crippen molar-refractivity contribution in [2.75, 3.05) is 5.73 Å². The third kappa shape index (κ3) is 1.97. The first-order valence-electron chi connectivity index (χ1n) is 4.20. The number of nitrogens with zero attached hydrogens (tertiary/aromatic N) is 2. The molecule has 3 nitrogen and oxygen atoms in total. The highest BCUT2D eigenvalue weighted by Crippen LogP contribution is 2.26. The maximum Gasteiger partial charge on any atom is 0.219 e. The van der Waals surface area contributed by atoms with Crippen LogP contribution in [0.4, 0.5) is 10.3 Å². The molecule has 0 radical (unpaired) electrons. The van der Waals surface area contributed by atoms with Crippen LogP contribution in [0.5, 0.6) is 0 Å². The van der Waals surface area contributed by atoms with E-state index < -0.39 is 0 Å². The first-order chi connectivity index (χ1) is 7.18. The first-order valence-corrected chi connectivity index (χ1v) is 4.99. The maximum atomic E-state index is 13.7. The lowest BCUT2D eigenvalue weighted by atomic mass is 10.1. The number of aromatic nitrogens is 2. The molecule has 0 spiro atoms. The van der Waals surface area contributed by atoms with Gasteiger partial charge in [-0.15, -0.1) is 0 Å². The topological polar surface area (TPSA) is 51.8 Å². The lowest BCUT2D eigenvalue weighted by Crippen LogP contribution is -1.94. The summed E-state index contributed by atoms with van der Waals surface area (Å²) in [5.41, 5.74) is 6.40. The zero-order valence-electron chi connectivity index (χ0n) is 7.61. The Kier molecular flexibility index (Phi) is 2.64. The molecule has 0 saturated heterocycles. The fourth-order valence-corrected chi connectivity index (χ4v) is 1.57. The first kappa shape index (κ1) is 10.0. The number of rotatable bonds is 1. The summed E-state index contributed by atoms with van der Waals surface area (Å²) in [5.74, 6) is -0.153. The monoisotopic (exact) mass is 267 g/mol. The molecule has 2 N–H and O–H groups in total. The Bertz CT molecular complexity index is 485. The highest BCUT2D eigenvalue weighted by atomic mass is 79.9. The third-order valence-corrected chi connectivity index (χ3v) is 2.55. The number of anilines is 1. The predicted molar refractivity (Wildman–Crippen MR) is 59.5 cm³/mol. The van der Waals surface area contributed by atoms with Gasteiger partial charge in [0.1, 0.15) is 5.82 Å². The lowest BCUT2D eigenvalue weighted by Gasteiger charge is -2.03. The second kappa shape index (κ2) is 3.94. The molecule has 1 heterocycles. The zero-order valence-corrected chi connectivity index (χ0v) is 9.20. The van der Waals surface area contributed by atoms with Gasteiger partial charge in [0.05, 0.1) is 4.47 Å². The molecular formula is C10H7BrFN3. The van der Waals surface area contributed by atoms with Gasteiger partial charge in [-0.2, -0.15) is 0 Å². The van der Waals surface area contributed by atoms with Gasteiger partial charge in [-0.3, -0.25) is 0 Å². The standard InChI is InChI=1S/C10H7BrFN3/c11-8-3-1-2-7(9(8)12)6-4-14-10(13)15-5-6/h1-5H,(H2,13,14,15). The smallest absolute Gasteiger partial charge is 0.219 e. The number of nitrogens with two attached hydrogens (primary N) is 1. The third-order valence-electron chi connectivity index (χ3n) is 1.93. The van der Waals surface area contributed by atoms with Gasteiger partial charge in [-0.1, -0.05) is 12.1 Å². The van der Waals surface area contributed by atoms with Crippen molar-refractivity contribution in [1.82, 2.24) is 9.97 Å². The minimum absolute atomic E-state index is 0.175. The summed E-state index contributed by atoms with van der Waals surface area (Å²) in [6.07, 6.45) is 2.99. The molecule has 0 saturated carbocycles. The van der Waals surface area contributed by atoms with Gasteiger partial charge in [-0.25, -0.2) is 14.4 Å². The van der Waals surface area contributed by atoms with Crippen LogP contribution in [0.2, 0.25) is 0 Å². The predicted octanol–water partition coefficient (Wildman–Crippen LogP) is 2.63. The van der Waals surface area contributed by atoms with Crippen molar-refractivity contribution in [1.29, 1.82) is 0 Å². The molecule has 0 bridgehead atoms. The molecular weight excluding hydrogens is 261 g/mol. The minimum Gasteiger partial charge on any atom is -0.368 e. The molecule has 0 atom stereocenters. The van der Waals surface area contributed by atoms with E-state index in [0.29, 0.717) is 15.6 Å². The van der Waals surface area contributed by atoms with Crippen LogP contribution in [0.1, 0.15) is 0 Å². The Morgan fingerprint density at radius 1 is 1.20 bits per heavy atom. The van der Waals surface area contributed by atoms with E-state index in [0.717, 1.165) is 0 Å². The fraction of sp³-hybridized carbons (Fsp3) is 0. The Hall–Kier alpha value is -1.49. The molecule has 2 aromatic rings. The van der Waals surface area contributed by atoms with Crippen molar-refractivity contribution >= 4 is 21.9 Å². The molecule has 1 aromatic heterocycles. The Morgan fingerprint density at radius 3 is 2.53 bits per heavy atom. The van der Waals surface area contributed by atoms with Gasteiger partial charge < -0.3 is 5.73 Å². The number of halogens is 2. The molecule has 0 unspecified atom stereocenters. The quantitative estimate of drug-likeness (QED) is 0.864. The average Bonchev–Trinajstić information content (AvgIpc) is 2.24. The van der Waals surface area contributed by atoms with Gasteiger partial charge in [0.25, 0.3) is 0 Å². The Balaban J connectivity index is 2.54. The maximum absolute atomic E-state index is 13.7. The van der Waals surface area contributed by atoms with Crippen LogP contribution in [-0.4, -0.2) is 9.97 Å². The van der Waals surface area contributed by atoms with E-state index >= 15 is 0 Å². The molecule has 1 aromatic carbocycles. The SMILES string of the molecule is Nc1ncc(-c2cccc(Br)c2F)cn1. The van der Waals surface area contributed by atoms with Crippen molar-refractivity contribution in [3.8, 4) is 11.1 Å². The molecule has 0 aliphatic rings. The molecule has 0 fully saturated rings. The average molecular weight is 268 g/mol. The van der Waals surface area contributed by atoms with Crippen molar-refractivity contribution < 1.29 is 4.39 Å².